The summed E-state index contributed by atoms with van der Waals surface area (Å²) in [4.78, 5) is 29.9. The van der Waals surface area contributed by atoms with Crippen molar-refractivity contribution in [2.24, 2.45) is 5.92 Å². The third-order valence-electron chi connectivity index (χ3n) is 7.08. The second-order valence-corrected chi connectivity index (χ2v) is 10.0. The number of para-hydroxylation sites is 1. The van der Waals surface area contributed by atoms with Gasteiger partial charge in [0.1, 0.15) is 0 Å². The summed E-state index contributed by atoms with van der Waals surface area (Å²) in [6.45, 7) is 9.42. The lowest BCUT2D eigenvalue weighted by Crippen LogP contribution is -2.37. The number of hydrogen-bond donors (Lipinski definition) is 2. The van der Waals surface area contributed by atoms with E-state index in [2.05, 4.69) is 39.5 Å². The molecule has 2 aromatic rings. The topological polar surface area (TPSA) is 64.7 Å². The summed E-state index contributed by atoms with van der Waals surface area (Å²) in [7, 11) is 0. The zero-order chi connectivity index (χ0) is 24.1. The highest BCUT2D eigenvalue weighted by atomic mass is 16.2. The number of anilines is 3. The van der Waals surface area contributed by atoms with Crippen molar-refractivity contribution < 1.29 is 9.59 Å². The van der Waals surface area contributed by atoms with Crippen LogP contribution in [0.15, 0.2) is 42.5 Å². The summed E-state index contributed by atoms with van der Waals surface area (Å²) in [6.07, 6.45) is 5.03. The molecule has 0 bridgehead atoms. The summed E-state index contributed by atoms with van der Waals surface area (Å²) in [6, 6.07) is 14.6. The zero-order valence-electron chi connectivity index (χ0n) is 20.8. The van der Waals surface area contributed by atoms with E-state index < -0.39 is 0 Å². The van der Waals surface area contributed by atoms with E-state index in [9.17, 15) is 9.59 Å². The van der Waals surface area contributed by atoms with Crippen LogP contribution in [0.1, 0.15) is 50.2 Å². The Kier molecular flexibility index (Phi) is 7.88. The Bertz CT molecular complexity index is 972. The molecule has 6 nitrogen and oxygen atoms in total. The van der Waals surface area contributed by atoms with Crippen molar-refractivity contribution in [2.75, 3.05) is 41.7 Å². The van der Waals surface area contributed by atoms with Gasteiger partial charge in [-0.25, -0.2) is 0 Å². The molecule has 0 radical (unpaired) electrons. The molecule has 0 unspecified atom stereocenters. The van der Waals surface area contributed by atoms with Crippen LogP contribution in [-0.4, -0.2) is 48.9 Å². The average molecular weight is 463 g/mol. The molecule has 2 aromatic carbocycles. The number of benzene rings is 2. The van der Waals surface area contributed by atoms with Crippen molar-refractivity contribution >= 4 is 28.9 Å². The fourth-order valence-electron chi connectivity index (χ4n) is 4.70. The lowest BCUT2D eigenvalue weighted by atomic mass is 9.99. The fraction of sp³-hybridized carbons (Fsp3) is 0.500. The quantitative estimate of drug-likeness (QED) is 0.552. The van der Waals surface area contributed by atoms with Gasteiger partial charge in [0.15, 0.2) is 0 Å². The van der Waals surface area contributed by atoms with Crippen LogP contribution < -0.4 is 15.5 Å². The first-order chi connectivity index (χ1) is 16.4. The van der Waals surface area contributed by atoms with E-state index >= 15 is 0 Å². The summed E-state index contributed by atoms with van der Waals surface area (Å²) >= 11 is 0. The first kappa shape index (κ1) is 24.3. The van der Waals surface area contributed by atoms with Crippen LogP contribution in [0.3, 0.4) is 0 Å². The second-order valence-electron chi connectivity index (χ2n) is 10.0. The molecule has 0 atom stereocenters. The summed E-state index contributed by atoms with van der Waals surface area (Å²) in [5, 5.41) is 6.09. The van der Waals surface area contributed by atoms with Gasteiger partial charge in [-0.05, 0) is 80.8 Å². The lowest BCUT2D eigenvalue weighted by Gasteiger charge is -2.32. The molecular weight excluding hydrogens is 424 g/mol. The fourth-order valence-corrected chi connectivity index (χ4v) is 4.70. The zero-order valence-corrected chi connectivity index (χ0v) is 20.8. The van der Waals surface area contributed by atoms with Crippen molar-refractivity contribution in [3.05, 3.63) is 53.6 Å². The highest BCUT2D eigenvalue weighted by Gasteiger charge is 2.30. The van der Waals surface area contributed by atoms with Gasteiger partial charge in [-0.3, -0.25) is 14.5 Å². The Hall–Kier alpha value is -2.86. The smallest absolute Gasteiger partial charge is 0.238 e. The van der Waals surface area contributed by atoms with E-state index in [1.807, 2.05) is 44.2 Å². The highest BCUT2D eigenvalue weighted by Crippen LogP contribution is 2.28. The normalized spacial score (nSPS) is 16.5. The van der Waals surface area contributed by atoms with Gasteiger partial charge in [-0.1, -0.05) is 25.1 Å². The van der Waals surface area contributed by atoms with Crippen LogP contribution in [0.4, 0.5) is 17.1 Å². The van der Waals surface area contributed by atoms with Crippen molar-refractivity contribution in [2.45, 2.75) is 58.9 Å². The van der Waals surface area contributed by atoms with Crippen LogP contribution in [0, 0.1) is 19.8 Å². The van der Waals surface area contributed by atoms with E-state index in [0.717, 1.165) is 54.4 Å². The number of piperidine rings is 1. The SMILES string of the molecule is Cc1cccc(C)c1NC(=O)CN(CCC(=O)Nc1ccc(N2CCC(C)CC2)cc1)C1CC1. The van der Waals surface area contributed by atoms with E-state index in [0.29, 0.717) is 25.6 Å². The highest BCUT2D eigenvalue weighted by molar-refractivity contribution is 5.94. The Morgan fingerprint density at radius 2 is 1.56 bits per heavy atom. The predicted molar refractivity (Wildman–Crippen MR) is 139 cm³/mol. The van der Waals surface area contributed by atoms with E-state index in [1.54, 1.807) is 0 Å². The van der Waals surface area contributed by atoms with Crippen LogP contribution in [0.2, 0.25) is 0 Å². The summed E-state index contributed by atoms with van der Waals surface area (Å²) in [5.41, 5.74) is 5.06. The molecule has 4 rings (SSSR count). The Morgan fingerprint density at radius 1 is 0.912 bits per heavy atom. The molecule has 34 heavy (non-hydrogen) atoms. The maximum absolute atomic E-state index is 12.7. The van der Waals surface area contributed by atoms with Gasteiger partial charge in [-0.15, -0.1) is 0 Å². The molecule has 1 aliphatic carbocycles. The van der Waals surface area contributed by atoms with Crippen molar-refractivity contribution in [3.63, 3.8) is 0 Å². The number of nitrogens with one attached hydrogen (secondary N) is 2. The Morgan fingerprint density at radius 3 is 2.18 bits per heavy atom. The minimum atomic E-state index is -0.0209. The first-order valence-corrected chi connectivity index (χ1v) is 12.6. The third kappa shape index (κ3) is 6.60. The summed E-state index contributed by atoms with van der Waals surface area (Å²) < 4.78 is 0. The van der Waals surface area contributed by atoms with Gasteiger partial charge in [-0.2, -0.15) is 0 Å². The molecule has 182 valence electrons. The van der Waals surface area contributed by atoms with Crippen LogP contribution in [0.25, 0.3) is 0 Å². The molecule has 6 heteroatoms. The van der Waals surface area contributed by atoms with Crippen molar-refractivity contribution in [3.8, 4) is 0 Å². The van der Waals surface area contributed by atoms with Gasteiger partial charge in [0, 0.05) is 49.2 Å². The van der Waals surface area contributed by atoms with Crippen LogP contribution in [0.5, 0.6) is 0 Å². The number of carbonyl (C=O) groups is 2. The van der Waals surface area contributed by atoms with Gasteiger partial charge >= 0.3 is 0 Å². The minimum Gasteiger partial charge on any atom is -0.372 e. The number of nitrogens with zero attached hydrogens (tertiary/aromatic N) is 2. The van der Waals surface area contributed by atoms with Gasteiger partial charge in [0.25, 0.3) is 0 Å². The molecule has 2 N–H and O–H groups in total. The molecule has 2 fully saturated rings. The number of rotatable bonds is 9. The van der Waals surface area contributed by atoms with E-state index in [4.69, 9.17) is 0 Å². The Balaban J connectivity index is 1.25. The number of hydrogen-bond acceptors (Lipinski definition) is 4. The molecule has 2 aliphatic rings. The molecule has 1 heterocycles. The molecule has 1 aliphatic heterocycles. The minimum absolute atomic E-state index is 0.0136. The molecule has 1 saturated heterocycles. The van der Waals surface area contributed by atoms with Gasteiger partial charge in [0.2, 0.25) is 11.8 Å². The van der Waals surface area contributed by atoms with E-state index in [1.165, 1.54) is 18.5 Å². The van der Waals surface area contributed by atoms with Gasteiger partial charge < -0.3 is 15.5 Å². The largest absolute Gasteiger partial charge is 0.372 e. The number of amides is 2. The standard InChI is InChI=1S/C28H38N4O2/c1-20-13-16-31(17-14-20)24-9-7-23(8-10-24)29-26(33)15-18-32(25-11-12-25)19-27(34)30-28-21(2)5-4-6-22(28)3/h4-10,20,25H,11-19H2,1-3H3,(H,29,33)(H,30,34). The maximum atomic E-state index is 12.7. The van der Waals surface area contributed by atoms with E-state index in [-0.39, 0.29) is 11.8 Å². The molecule has 1 saturated carbocycles. The van der Waals surface area contributed by atoms with Gasteiger partial charge in [0.05, 0.1) is 6.54 Å². The molecule has 0 spiro atoms. The average Bonchev–Trinajstić information content (AvgIpc) is 3.66. The van der Waals surface area contributed by atoms with Crippen LogP contribution >= 0.6 is 0 Å². The molecule has 2 amide bonds. The predicted octanol–water partition coefficient (Wildman–Crippen LogP) is 4.97. The lowest BCUT2D eigenvalue weighted by molar-refractivity contribution is -0.119. The third-order valence-corrected chi connectivity index (χ3v) is 7.08. The van der Waals surface area contributed by atoms with Crippen LogP contribution in [-0.2, 0) is 9.59 Å². The van der Waals surface area contributed by atoms with Crippen molar-refractivity contribution in [1.82, 2.24) is 4.90 Å². The first-order valence-electron chi connectivity index (χ1n) is 12.6. The molecule has 0 aromatic heterocycles. The maximum Gasteiger partial charge on any atom is 0.238 e. The monoisotopic (exact) mass is 462 g/mol. The number of carbonyl (C=O) groups excluding carboxylic acids is 2. The Labute approximate surface area is 203 Å². The van der Waals surface area contributed by atoms with Crippen molar-refractivity contribution in [1.29, 1.82) is 0 Å². The second kappa shape index (κ2) is 11.0. The molecular formula is C28H38N4O2. The summed E-state index contributed by atoms with van der Waals surface area (Å²) in [5.74, 6) is 0.774. The number of aryl methyl sites for hydroxylation is 2.